The molecule has 0 aliphatic carbocycles. The lowest BCUT2D eigenvalue weighted by Gasteiger charge is -2.09. The van der Waals surface area contributed by atoms with E-state index in [-0.39, 0.29) is 0 Å². The average molecular weight is 713 g/mol. The third-order valence-electron chi connectivity index (χ3n) is 11.2. The molecule has 0 radical (unpaired) electrons. The van der Waals surface area contributed by atoms with Gasteiger partial charge in [0.05, 0.1) is 67.6 Å². The van der Waals surface area contributed by atoms with E-state index in [1.165, 1.54) is 0 Å². The molecule has 0 spiro atoms. The van der Waals surface area contributed by atoms with Gasteiger partial charge in [-0.3, -0.25) is 0 Å². The number of hydrogen-bond donors (Lipinski definition) is 2. The van der Waals surface area contributed by atoms with Crippen LogP contribution >= 0.6 is 0 Å². The largest absolute Gasteiger partial charge is 0.352 e. The van der Waals surface area contributed by atoms with Crippen LogP contribution in [0.3, 0.4) is 0 Å². The smallest absolute Gasteiger partial charge is 0.104 e. The molecule has 2 N–H and O–H groups in total. The third kappa shape index (κ3) is 5.55. The monoisotopic (exact) mass is 712 g/mol. The number of allylic oxidation sites excluding steroid dienone is 10. The molecule has 12 bridgehead atoms. The molecule has 0 amide bonds. The molecular weight excluding hydrogens is 665 g/mol. The topological polar surface area (TPSA) is 131 Å². The third-order valence-corrected chi connectivity index (χ3v) is 11.2. The van der Waals surface area contributed by atoms with Crippen molar-refractivity contribution in [2.45, 2.75) is 107 Å². The van der Waals surface area contributed by atoms with Crippen molar-refractivity contribution in [3.8, 4) is 12.1 Å². The van der Waals surface area contributed by atoms with E-state index in [4.69, 9.17) is 19.9 Å². The van der Waals surface area contributed by atoms with Crippen molar-refractivity contribution < 1.29 is 0 Å². The van der Waals surface area contributed by atoms with E-state index in [1.54, 1.807) is 0 Å². The molecule has 8 heteroatoms. The Bertz CT molecular complexity index is 2410. The lowest BCUT2D eigenvalue weighted by Crippen LogP contribution is -2.15. The fourth-order valence-corrected chi connectivity index (χ4v) is 8.82. The van der Waals surface area contributed by atoms with Crippen molar-refractivity contribution >= 4 is 68.9 Å². The van der Waals surface area contributed by atoms with Gasteiger partial charge in [-0.25, -0.2) is 19.9 Å². The fraction of sp³-hybridized carbons (Fsp3) is 0.348. The second-order valence-electron chi connectivity index (χ2n) is 13.8. The molecule has 1 aromatic heterocycles. The average Bonchev–Trinajstić information content (AvgIpc) is 3.98. The van der Waals surface area contributed by atoms with Crippen LogP contribution in [0.1, 0.15) is 175 Å². The van der Waals surface area contributed by atoms with Crippen molar-refractivity contribution in [3.05, 3.63) is 90.9 Å². The van der Waals surface area contributed by atoms with Crippen molar-refractivity contribution in [2.75, 3.05) is 0 Å². The van der Waals surface area contributed by atoms with Crippen molar-refractivity contribution in [2.24, 2.45) is 0 Å². The standard InChI is InChI=1S/C46H48N8/c1-9-25-29(13-5)43-35-19-17-20-36(49-35)45-31(15-7)27(11-3)41(53-45)34(24-48)42-28(12-4)32(16-8)46(54-42)38-22-18-21-37(50-38)44-30(14-6)26(10-2)40(52-44)33(23-47)39(25)51-43/h17-22,49-50H,9-16H2,1-8H3. The number of nitriles is 2. The summed E-state index contributed by atoms with van der Waals surface area (Å²) >= 11 is 0. The highest BCUT2D eigenvalue weighted by Gasteiger charge is 2.31. The van der Waals surface area contributed by atoms with Gasteiger partial charge in [-0.15, -0.1) is 0 Å². The molecule has 272 valence electrons. The number of nitrogens with zero attached hydrogens (tertiary/aromatic N) is 6. The molecule has 0 saturated carbocycles. The predicted molar refractivity (Wildman–Crippen MR) is 222 cm³/mol. The van der Waals surface area contributed by atoms with Gasteiger partial charge in [-0.05, 0) is 120 Å². The summed E-state index contributed by atoms with van der Waals surface area (Å²) in [5, 5.41) is 23.6. The zero-order chi connectivity index (χ0) is 38.3. The van der Waals surface area contributed by atoms with Gasteiger partial charge in [0, 0.05) is 0 Å². The molecule has 54 heavy (non-hydrogen) atoms. The number of aromatic nitrogens is 6. The zero-order valence-corrected chi connectivity index (χ0v) is 32.8. The van der Waals surface area contributed by atoms with Crippen LogP contribution in [0.5, 0.6) is 0 Å². The minimum Gasteiger partial charge on any atom is -0.352 e. The van der Waals surface area contributed by atoms with Crippen LogP contribution in [-0.4, -0.2) is 29.9 Å². The Morgan fingerprint density at radius 3 is 0.944 bits per heavy atom. The van der Waals surface area contributed by atoms with Crippen LogP contribution in [0.4, 0.5) is 0 Å². The van der Waals surface area contributed by atoms with E-state index >= 15 is 0 Å². The Kier molecular flexibility index (Phi) is 10.1. The summed E-state index contributed by atoms with van der Waals surface area (Å²) in [4.78, 5) is 28.7. The first-order chi connectivity index (χ1) is 26.4. The SMILES string of the molecule is CCC1=C(CC)c2nc1c1[nH]c(c3nc(c(C#N)c4nc(c5[nH]c(c6nc(c2C#N)C(CC)=C6CC)=CC=C5)C(CC)=C4CC)C(CC)=C3CC)=CC=C1. The van der Waals surface area contributed by atoms with Gasteiger partial charge in [0.1, 0.15) is 23.3 Å². The second-order valence-corrected chi connectivity index (χ2v) is 13.8. The molecule has 0 saturated heterocycles. The van der Waals surface area contributed by atoms with Crippen LogP contribution in [0.2, 0.25) is 0 Å². The summed E-state index contributed by atoms with van der Waals surface area (Å²) < 4.78 is 0. The Morgan fingerprint density at radius 1 is 0.407 bits per heavy atom. The van der Waals surface area contributed by atoms with E-state index < -0.39 is 0 Å². The van der Waals surface area contributed by atoms with Crippen LogP contribution in [0.25, 0.3) is 68.9 Å². The number of rotatable bonds is 8. The maximum absolute atomic E-state index is 11.0. The first kappa shape index (κ1) is 36.5. The molecule has 7 rings (SSSR count). The van der Waals surface area contributed by atoms with Gasteiger partial charge in [0.25, 0.3) is 0 Å². The number of nitrogens with one attached hydrogen (secondary N) is 2. The maximum atomic E-state index is 11.0. The normalized spacial score (nSPS) is 15.1. The molecule has 6 aliphatic rings. The van der Waals surface area contributed by atoms with E-state index in [2.05, 4.69) is 102 Å². The van der Waals surface area contributed by atoms with E-state index in [0.717, 1.165) is 141 Å². The minimum absolute atomic E-state index is 0.512. The van der Waals surface area contributed by atoms with E-state index in [9.17, 15) is 10.5 Å². The molecule has 1 aromatic rings. The van der Waals surface area contributed by atoms with Gasteiger partial charge < -0.3 is 9.97 Å². The van der Waals surface area contributed by atoms with Gasteiger partial charge in [-0.1, -0.05) is 67.5 Å². The summed E-state index contributed by atoms with van der Waals surface area (Å²) in [6.07, 6.45) is 18.3. The number of H-pyrrole nitrogens is 2. The fourth-order valence-electron chi connectivity index (χ4n) is 8.82. The number of hydrogen-bond acceptors (Lipinski definition) is 6. The first-order valence-corrected chi connectivity index (χ1v) is 19.7. The Labute approximate surface area is 318 Å². The maximum Gasteiger partial charge on any atom is 0.104 e. The van der Waals surface area contributed by atoms with Gasteiger partial charge in [0.15, 0.2) is 0 Å². The molecule has 6 aliphatic heterocycles. The van der Waals surface area contributed by atoms with Crippen molar-refractivity contribution in [1.82, 2.24) is 29.9 Å². The van der Waals surface area contributed by atoms with Crippen molar-refractivity contribution in [3.63, 3.8) is 0 Å². The molecule has 0 atom stereocenters. The quantitative estimate of drug-likeness (QED) is 0.276. The second kappa shape index (κ2) is 14.9. The van der Waals surface area contributed by atoms with Crippen LogP contribution < -0.4 is 10.7 Å². The van der Waals surface area contributed by atoms with E-state index in [0.29, 0.717) is 33.9 Å². The highest BCUT2D eigenvalue weighted by Crippen LogP contribution is 2.43. The van der Waals surface area contributed by atoms with Gasteiger partial charge in [-0.2, -0.15) is 10.5 Å². The number of aromatic amines is 2. The first-order valence-electron chi connectivity index (χ1n) is 19.7. The Morgan fingerprint density at radius 2 is 0.667 bits per heavy atom. The van der Waals surface area contributed by atoms with Gasteiger partial charge in [0.2, 0.25) is 0 Å². The molecule has 8 nitrogen and oxygen atoms in total. The molecule has 0 aromatic carbocycles. The summed E-state index contributed by atoms with van der Waals surface area (Å²) in [5.74, 6) is 0. The molecule has 7 heterocycles. The van der Waals surface area contributed by atoms with Crippen molar-refractivity contribution in [1.29, 1.82) is 10.5 Å². The summed E-state index contributed by atoms with van der Waals surface area (Å²) in [7, 11) is 0. The molecule has 0 fully saturated rings. The van der Waals surface area contributed by atoms with E-state index in [1.807, 2.05) is 12.2 Å². The van der Waals surface area contributed by atoms with Crippen LogP contribution in [0.15, 0.2) is 12.2 Å². The summed E-state index contributed by atoms with van der Waals surface area (Å²) in [6.45, 7) is 17.2. The van der Waals surface area contributed by atoms with Gasteiger partial charge >= 0.3 is 0 Å². The van der Waals surface area contributed by atoms with Crippen LogP contribution in [-0.2, 0) is 0 Å². The summed E-state index contributed by atoms with van der Waals surface area (Å²) in [5.41, 5.74) is 17.7. The molecule has 0 unspecified atom stereocenters. The molecular formula is C46H48N8. The zero-order valence-electron chi connectivity index (χ0n) is 32.8. The lowest BCUT2D eigenvalue weighted by atomic mass is 9.93. The lowest BCUT2D eigenvalue weighted by molar-refractivity contribution is 1.09. The highest BCUT2D eigenvalue weighted by molar-refractivity contribution is 6.01. The summed E-state index contributed by atoms with van der Waals surface area (Å²) in [6, 6.07) is 5.17. The Hall–Kier alpha value is -5.86. The predicted octanol–water partition coefficient (Wildman–Crippen LogP) is 9.96. The minimum atomic E-state index is 0.512. The highest BCUT2D eigenvalue weighted by atomic mass is 14.9. The Balaban J connectivity index is 1.78. The number of fused-ring (bicyclic) bond motifs is 16. The van der Waals surface area contributed by atoms with Crippen LogP contribution in [0, 0.1) is 22.7 Å².